The lowest BCUT2D eigenvalue weighted by Crippen LogP contribution is -2.38. The van der Waals surface area contributed by atoms with Gasteiger partial charge in [-0.05, 0) is 60.7 Å². The number of hydrogen-bond acceptors (Lipinski definition) is 3. The smallest absolute Gasteiger partial charge is 0.335 e. The fourth-order valence-electron chi connectivity index (χ4n) is 2.10. The zero-order valence-corrected chi connectivity index (χ0v) is 13.9. The van der Waals surface area contributed by atoms with Crippen molar-refractivity contribution < 1.29 is 19.8 Å². The van der Waals surface area contributed by atoms with Gasteiger partial charge in [0.25, 0.3) is 0 Å². The molecule has 2 rings (SSSR count). The number of aromatic carboxylic acids is 2. The summed E-state index contributed by atoms with van der Waals surface area (Å²) in [5.74, 6) is -1.97. The molecule has 0 aliphatic carbocycles. The molecule has 0 saturated carbocycles. The molecule has 0 saturated heterocycles. The molecule has 0 heterocycles. The van der Waals surface area contributed by atoms with Crippen molar-refractivity contribution in [2.75, 3.05) is 23.9 Å². The first kappa shape index (κ1) is 17.4. The molecule has 0 bridgehead atoms. The van der Waals surface area contributed by atoms with Gasteiger partial charge in [0.05, 0.1) is 11.1 Å². The molecule has 24 heavy (non-hydrogen) atoms. The first-order chi connectivity index (χ1) is 11.3. The number of thiocarbonyl (C=S) groups is 1. The largest absolute Gasteiger partial charge is 0.478 e. The molecule has 0 radical (unpaired) electrons. The monoisotopic (exact) mass is 344 g/mol. The van der Waals surface area contributed by atoms with Gasteiger partial charge < -0.3 is 20.0 Å². The SMILES string of the molecule is CN(C(=S)N(C)c1ccc(C(=O)O)cc1)c1ccc(C(=O)O)cc1. The number of anilines is 2. The summed E-state index contributed by atoms with van der Waals surface area (Å²) in [7, 11) is 3.56. The number of carbonyl (C=O) groups is 2. The van der Waals surface area contributed by atoms with Crippen molar-refractivity contribution in [3.8, 4) is 0 Å². The van der Waals surface area contributed by atoms with E-state index in [1.165, 1.54) is 24.3 Å². The Bertz CT molecular complexity index is 707. The zero-order chi connectivity index (χ0) is 17.9. The van der Waals surface area contributed by atoms with Crippen LogP contribution in [0.15, 0.2) is 48.5 Å². The summed E-state index contributed by atoms with van der Waals surface area (Å²) in [6.07, 6.45) is 0. The van der Waals surface area contributed by atoms with Crippen molar-refractivity contribution in [2.24, 2.45) is 0 Å². The first-order valence-electron chi connectivity index (χ1n) is 6.99. The molecule has 0 atom stereocenters. The number of nitrogens with zero attached hydrogens (tertiary/aromatic N) is 2. The van der Waals surface area contributed by atoms with Crippen LogP contribution in [0.25, 0.3) is 0 Å². The minimum atomic E-state index is -0.984. The molecule has 0 spiro atoms. The van der Waals surface area contributed by atoms with Crippen LogP contribution in [0.3, 0.4) is 0 Å². The Morgan fingerprint density at radius 3 is 1.29 bits per heavy atom. The van der Waals surface area contributed by atoms with Crippen LogP contribution in [-0.4, -0.2) is 41.4 Å². The second kappa shape index (κ2) is 7.10. The third kappa shape index (κ3) is 3.69. The normalized spacial score (nSPS) is 10.1. The Kier molecular flexibility index (Phi) is 5.15. The van der Waals surface area contributed by atoms with E-state index < -0.39 is 11.9 Å². The van der Waals surface area contributed by atoms with E-state index in [0.29, 0.717) is 5.11 Å². The lowest BCUT2D eigenvalue weighted by molar-refractivity contribution is 0.0686. The van der Waals surface area contributed by atoms with Gasteiger partial charge in [-0.1, -0.05) is 0 Å². The minimum Gasteiger partial charge on any atom is -0.478 e. The summed E-state index contributed by atoms with van der Waals surface area (Å²) in [6.45, 7) is 0. The number of benzene rings is 2. The highest BCUT2D eigenvalue weighted by atomic mass is 32.1. The Morgan fingerprint density at radius 2 is 1.04 bits per heavy atom. The van der Waals surface area contributed by atoms with Crippen LogP contribution in [0.5, 0.6) is 0 Å². The van der Waals surface area contributed by atoms with Gasteiger partial charge in [0.2, 0.25) is 0 Å². The molecule has 0 fully saturated rings. The molecular weight excluding hydrogens is 328 g/mol. The van der Waals surface area contributed by atoms with Crippen LogP contribution in [0, 0.1) is 0 Å². The summed E-state index contributed by atoms with van der Waals surface area (Å²) in [5, 5.41) is 18.4. The van der Waals surface area contributed by atoms with E-state index in [4.69, 9.17) is 22.4 Å². The van der Waals surface area contributed by atoms with Crippen LogP contribution >= 0.6 is 12.2 Å². The van der Waals surface area contributed by atoms with Gasteiger partial charge in [-0.15, -0.1) is 0 Å². The van der Waals surface area contributed by atoms with Crippen molar-refractivity contribution in [1.82, 2.24) is 0 Å². The fourth-order valence-corrected chi connectivity index (χ4v) is 2.31. The zero-order valence-electron chi connectivity index (χ0n) is 13.1. The van der Waals surface area contributed by atoms with Crippen LogP contribution in [0.1, 0.15) is 20.7 Å². The van der Waals surface area contributed by atoms with Crippen molar-refractivity contribution in [3.63, 3.8) is 0 Å². The highest BCUT2D eigenvalue weighted by Gasteiger charge is 2.14. The second-order valence-electron chi connectivity index (χ2n) is 5.10. The van der Waals surface area contributed by atoms with Gasteiger partial charge in [-0.2, -0.15) is 0 Å². The van der Waals surface area contributed by atoms with Crippen LogP contribution in [0.4, 0.5) is 11.4 Å². The van der Waals surface area contributed by atoms with E-state index in [1.807, 2.05) is 0 Å². The van der Waals surface area contributed by atoms with Gasteiger partial charge in [-0.3, -0.25) is 0 Å². The van der Waals surface area contributed by atoms with Crippen LogP contribution in [-0.2, 0) is 0 Å². The summed E-state index contributed by atoms with van der Waals surface area (Å²) in [5.41, 5.74) is 1.91. The van der Waals surface area contributed by atoms with E-state index in [2.05, 4.69) is 0 Å². The molecule has 0 unspecified atom stereocenters. The third-order valence-electron chi connectivity index (χ3n) is 3.58. The maximum absolute atomic E-state index is 10.9. The van der Waals surface area contributed by atoms with E-state index >= 15 is 0 Å². The molecule has 0 aliphatic rings. The number of rotatable bonds is 4. The molecule has 0 aliphatic heterocycles. The maximum Gasteiger partial charge on any atom is 0.335 e. The van der Waals surface area contributed by atoms with Gasteiger partial charge in [0, 0.05) is 25.5 Å². The summed E-state index contributed by atoms with van der Waals surface area (Å²) < 4.78 is 0. The molecule has 2 aromatic rings. The fraction of sp³-hybridized carbons (Fsp3) is 0.118. The predicted octanol–water partition coefficient (Wildman–Crippen LogP) is 2.94. The van der Waals surface area contributed by atoms with Crippen molar-refractivity contribution >= 4 is 40.6 Å². The molecule has 2 N–H and O–H groups in total. The molecule has 0 aromatic heterocycles. The van der Waals surface area contributed by atoms with Gasteiger partial charge in [0.1, 0.15) is 0 Å². The maximum atomic E-state index is 10.9. The lowest BCUT2D eigenvalue weighted by Gasteiger charge is -2.28. The third-order valence-corrected chi connectivity index (χ3v) is 4.12. The first-order valence-corrected chi connectivity index (χ1v) is 7.40. The van der Waals surface area contributed by atoms with E-state index in [9.17, 15) is 9.59 Å². The molecule has 6 nitrogen and oxygen atoms in total. The van der Waals surface area contributed by atoms with Gasteiger partial charge >= 0.3 is 11.9 Å². The van der Waals surface area contributed by atoms with E-state index in [1.54, 1.807) is 48.2 Å². The standard InChI is InChI=1S/C17H16N2O4S/c1-18(13-7-3-11(4-8-13)15(20)21)17(24)19(2)14-9-5-12(6-10-14)16(22)23/h3-10H,1-2H3,(H,20,21)(H,22,23). The Balaban J connectivity index is 2.16. The minimum absolute atomic E-state index is 0.204. The van der Waals surface area contributed by atoms with Gasteiger partial charge in [-0.25, -0.2) is 9.59 Å². The highest BCUT2D eigenvalue weighted by Crippen LogP contribution is 2.20. The average molecular weight is 344 g/mol. The van der Waals surface area contributed by atoms with Crippen LogP contribution in [0.2, 0.25) is 0 Å². The lowest BCUT2D eigenvalue weighted by atomic mass is 10.2. The highest BCUT2D eigenvalue weighted by molar-refractivity contribution is 7.80. The number of hydrogen-bond donors (Lipinski definition) is 2. The molecule has 7 heteroatoms. The van der Waals surface area contributed by atoms with E-state index in [-0.39, 0.29) is 11.1 Å². The van der Waals surface area contributed by atoms with Crippen molar-refractivity contribution in [1.29, 1.82) is 0 Å². The van der Waals surface area contributed by atoms with E-state index in [0.717, 1.165) is 11.4 Å². The van der Waals surface area contributed by atoms with Crippen molar-refractivity contribution in [3.05, 3.63) is 59.7 Å². The molecule has 0 amide bonds. The summed E-state index contributed by atoms with van der Waals surface area (Å²) in [4.78, 5) is 25.3. The Labute approximate surface area is 144 Å². The summed E-state index contributed by atoms with van der Waals surface area (Å²) >= 11 is 5.45. The van der Waals surface area contributed by atoms with Gasteiger partial charge in [0.15, 0.2) is 5.11 Å². The number of carboxylic acid groups (broad SMARTS) is 2. The molecular formula is C17H16N2O4S. The Hall–Kier alpha value is -2.93. The summed E-state index contributed by atoms with van der Waals surface area (Å²) in [6, 6.07) is 12.8. The van der Waals surface area contributed by atoms with Crippen LogP contribution < -0.4 is 9.80 Å². The average Bonchev–Trinajstić information content (AvgIpc) is 2.60. The quantitative estimate of drug-likeness (QED) is 0.825. The molecule has 124 valence electrons. The number of carboxylic acids is 2. The predicted molar refractivity (Wildman–Crippen MR) is 96.2 cm³/mol. The Morgan fingerprint density at radius 1 is 0.750 bits per heavy atom. The topological polar surface area (TPSA) is 81.1 Å². The second-order valence-corrected chi connectivity index (χ2v) is 5.47. The van der Waals surface area contributed by atoms with Crippen molar-refractivity contribution in [2.45, 2.75) is 0 Å². The molecule has 2 aromatic carbocycles.